The molecule has 0 fully saturated rings. The van der Waals surface area contributed by atoms with Gasteiger partial charge in [0.05, 0.1) is 12.8 Å². The van der Waals surface area contributed by atoms with Gasteiger partial charge in [0.15, 0.2) is 0 Å². The molecule has 0 aliphatic heterocycles. The molecule has 0 aromatic heterocycles. The Morgan fingerprint density at radius 2 is 1.79 bits per heavy atom. The number of aryl methyl sites for hydroxylation is 2. The molecule has 0 N–H and O–H groups in total. The van der Waals surface area contributed by atoms with Crippen molar-refractivity contribution in [1.29, 1.82) is 0 Å². The van der Waals surface area contributed by atoms with Gasteiger partial charge in [-0.1, -0.05) is 22.9 Å². The summed E-state index contributed by atoms with van der Waals surface area (Å²) in [5, 5.41) is 3.94. The van der Waals surface area contributed by atoms with E-state index in [0.29, 0.717) is 12.1 Å². The van der Waals surface area contributed by atoms with E-state index in [2.05, 4.69) is 5.16 Å². The van der Waals surface area contributed by atoms with Gasteiger partial charge >= 0.3 is 10.1 Å². The smallest absolute Gasteiger partial charge is 0.358 e. The van der Waals surface area contributed by atoms with Gasteiger partial charge in [0.1, 0.15) is 10.6 Å². The van der Waals surface area contributed by atoms with Crippen LogP contribution in [0.3, 0.4) is 0 Å². The van der Waals surface area contributed by atoms with Crippen LogP contribution in [0, 0.1) is 6.92 Å². The number of nitrogens with zero attached hydrogens (tertiary/aromatic N) is 1. The number of ether oxygens (including phenoxy) is 1. The molecule has 24 heavy (non-hydrogen) atoms. The number of hydrogen-bond donors (Lipinski definition) is 0. The molecule has 0 spiro atoms. The van der Waals surface area contributed by atoms with E-state index in [9.17, 15) is 8.42 Å². The van der Waals surface area contributed by atoms with Crippen molar-refractivity contribution in [2.75, 3.05) is 7.11 Å². The number of methoxy groups -OCH3 is 1. The summed E-state index contributed by atoms with van der Waals surface area (Å²) in [5.74, 6) is 0.781. The van der Waals surface area contributed by atoms with E-state index < -0.39 is 10.1 Å². The van der Waals surface area contributed by atoms with Crippen molar-refractivity contribution in [2.45, 2.75) is 31.1 Å². The molecule has 6 heteroatoms. The number of hydrogen-bond acceptors (Lipinski definition) is 5. The van der Waals surface area contributed by atoms with E-state index in [1.165, 1.54) is 12.1 Å². The Kier molecular flexibility index (Phi) is 4.57. The fraction of sp³-hybridized carbons (Fsp3) is 0.278. The van der Waals surface area contributed by atoms with E-state index in [4.69, 9.17) is 9.02 Å². The van der Waals surface area contributed by atoms with E-state index in [1.807, 2.05) is 25.1 Å². The normalized spacial score (nSPS) is 15.8. The second kappa shape index (κ2) is 6.65. The van der Waals surface area contributed by atoms with Crippen LogP contribution in [0.5, 0.6) is 5.75 Å². The second-order valence-corrected chi connectivity index (χ2v) is 7.29. The fourth-order valence-electron chi connectivity index (χ4n) is 2.70. The minimum absolute atomic E-state index is 0.100. The summed E-state index contributed by atoms with van der Waals surface area (Å²) in [6, 6.07) is 12.2. The lowest BCUT2D eigenvalue weighted by Crippen LogP contribution is -2.14. The summed E-state index contributed by atoms with van der Waals surface area (Å²) < 4.78 is 34.7. The van der Waals surface area contributed by atoms with E-state index in [0.717, 1.165) is 35.3 Å². The predicted molar refractivity (Wildman–Crippen MR) is 91.9 cm³/mol. The monoisotopic (exact) mass is 345 g/mol. The lowest BCUT2D eigenvalue weighted by molar-refractivity contribution is 0.337. The Bertz CT molecular complexity index is 870. The van der Waals surface area contributed by atoms with Crippen LogP contribution in [-0.2, 0) is 20.8 Å². The van der Waals surface area contributed by atoms with Crippen LogP contribution in [0.1, 0.15) is 29.5 Å². The minimum atomic E-state index is -3.90. The first-order chi connectivity index (χ1) is 11.5. The van der Waals surface area contributed by atoms with Crippen LogP contribution in [0.2, 0.25) is 0 Å². The molecule has 2 aromatic carbocycles. The van der Waals surface area contributed by atoms with Gasteiger partial charge < -0.3 is 4.74 Å². The zero-order chi connectivity index (χ0) is 17.2. The molecule has 3 rings (SSSR count). The molecular formula is C18H19NO4S. The second-order valence-electron chi connectivity index (χ2n) is 5.76. The molecule has 0 amide bonds. The van der Waals surface area contributed by atoms with Gasteiger partial charge in [0.25, 0.3) is 0 Å². The zero-order valence-electron chi connectivity index (χ0n) is 13.7. The molecule has 0 bridgehead atoms. The summed E-state index contributed by atoms with van der Waals surface area (Å²) in [7, 11) is -2.28. The molecule has 0 atom stereocenters. The van der Waals surface area contributed by atoms with E-state index >= 15 is 0 Å². The van der Waals surface area contributed by atoms with E-state index in [1.54, 1.807) is 19.2 Å². The zero-order valence-corrected chi connectivity index (χ0v) is 14.5. The third kappa shape index (κ3) is 3.43. The first-order valence-electron chi connectivity index (χ1n) is 7.74. The van der Waals surface area contributed by atoms with Crippen LogP contribution in [0.15, 0.2) is 52.5 Å². The van der Waals surface area contributed by atoms with Gasteiger partial charge in [-0.3, -0.25) is 4.28 Å². The Hall–Kier alpha value is -2.34. The summed E-state index contributed by atoms with van der Waals surface area (Å²) in [6.07, 6.45) is 2.49. The highest BCUT2D eigenvalue weighted by atomic mass is 32.2. The van der Waals surface area contributed by atoms with Crippen LogP contribution < -0.4 is 4.74 Å². The van der Waals surface area contributed by atoms with Gasteiger partial charge in [-0.05, 0) is 62.1 Å². The summed E-state index contributed by atoms with van der Waals surface area (Å²) >= 11 is 0. The topological polar surface area (TPSA) is 65.0 Å². The maximum absolute atomic E-state index is 12.2. The van der Waals surface area contributed by atoms with Crippen LogP contribution in [0.4, 0.5) is 0 Å². The van der Waals surface area contributed by atoms with Crippen molar-refractivity contribution in [1.82, 2.24) is 0 Å². The largest absolute Gasteiger partial charge is 0.497 e. The van der Waals surface area contributed by atoms with Gasteiger partial charge in [-0.15, -0.1) is 0 Å². The van der Waals surface area contributed by atoms with Crippen molar-refractivity contribution < 1.29 is 17.4 Å². The molecule has 5 nitrogen and oxygen atoms in total. The highest BCUT2D eigenvalue weighted by Gasteiger charge is 2.20. The van der Waals surface area contributed by atoms with Crippen molar-refractivity contribution in [2.24, 2.45) is 5.16 Å². The summed E-state index contributed by atoms with van der Waals surface area (Å²) in [5.41, 5.74) is 3.64. The lowest BCUT2D eigenvalue weighted by atomic mass is 9.90. The number of rotatable bonds is 4. The van der Waals surface area contributed by atoms with E-state index in [-0.39, 0.29) is 4.90 Å². The molecular weight excluding hydrogens is 326 g/mol. The first-order valence-corrected chi connectivity index (χ1v) is 9.15. The lowest BCUT2D eigenvalue weighted by Gasteiger charge is -2.18. The maximum Gasteiger partial charge on any atom is 0.358 e. The third-order valence-corrected chi connectivity index (χ3v) is 5.16. The molecule has 0 saturated carbocycles. The first kappa shape index (κ1) is 16.5. The SMILES string of the molecule is COc1ccc2c(c1)CCC/C2=N\OS(=O)(=O)c1ccc(C)cc1. The van der Waals surface area contributed by atoms with Crippen molar-refractivity contribution in [3.05, 3.63) is 59.2 Å². The van der Waals surface area contributed by atoms with Crippen molar-refractivity contribution in [3.63, 3.8) is 0 Å². The number of fused-ring (bicyclic) bond motifs is 1. The highest BCUT2D eigenvalue weighted by Crippen LogP contribution is 2.26. The average Bonchev–Trinajstić information content (AvgIpc) is 2.59. The molecule has 0 radical (unpaired) electrons. The van der Waals surface area contributed by atoms with Crippen LogP contribution in [-0.4, -0.2) is 21.2 Å². The van der Waals surface area contributed by atoms with Crippen molar-refractivity contribution in [3.8, 4) is 5.75 Å². The third-order valence-electron chi connectivity index (χ3n) is 4.04. The summed E-state index contributed by atoms with van der Waals surface area (Å²) in [4.78, 5) is 0.100. The van der Waals surface area contributed by atoms with Gasteiger partial charge in [0, 0.05) is 5.56 Å². The van der Waals surface area contributed by atoms with Crippen molar-refractivity contribution >= 4 is 15.8 Å². The summed E-state index contributed by atoms with van der Waals surface area (Å²) in [6.45, 7) is 1.89. The van der Waals surface area contributed by atoms with Gasteiger partial charge in [0.2, 0.25) is 0 Å². The maximum atomic E-state index is 12.2. The Balaban J connectivity index is 1.87. The molecule has 1 aliphatic carbocycles. The standard InChI is InChI=1S/C18H19NO4S/c1-13-6-9-16(10-7-13)24(20,21)23-19-18-5-3-4-14-12-15(22-2)8-11-17(14)18/h6-12H,3-5H2,1-2H3/b19-18+. The molecule has 0 unspecified atom stereocenters. The Morgan fingerprint density at radius 1 is 1.04 bits per heavy atom. The highest BCUT2D eigenvalue weighted by molar-refractivity contribution is 7.86. The Labute approximate surface area is 142 Å². The average molecular weight is 345 g/mol. The molecule has 0 heterocycles. The molecule has 0 saturated heterocycles. The Morgan fingerprint density at radius 3 is 2.50 bits per heavy atom. The molecule has 2 aromatic rings. The van der Waals surface area contributed by atoms with Gasteiger partial charge in [-0.25, -0.2) is 0 Å². The van der Waals surface area contributed by atoms with Crippen LogP contribution >= 0.6 is 0 Å². The van der Waals surface area contributed by atoms with Crippen LogP contribution in [0.25, 0.3) is 0 Å². The predicted octanol–water partition coefficient (Wildman–Crippen LogP) is 3.45. The number of oxime groups is 1. The fourth-order valence-corrected chi connectivity index (χ4v) is 3.45. The quantitative estimate of drug-likeness (QED) is 0.796. The van der Waals surface area contributed by atoms with Gasteiger partial charge in [-0.2, -0.15) is 8.42 Å². The molecule has 126 valence electrons. The molecule has 1 aliphatic rings. The number of benzene rings is 2. The minimum Gasteiger partial charge on any atom is -0.497 e.